The molecule has 0 bridgehead atoms. The van der Waals surface area contributed by atoms with Gasteiger partial charge in [0.25, 0.3) is 0 Å². The summed E-state index contributed by atoms with van der Waals surface area (Å²) in [5, 5.41) is 7.69. The SMILES string of the molecule is COc1ccccc1[C@@H](CNC(=S)Nc1ccc(Cl)cc1)N(C)C. The van der Waals surface area contributed by atoms with E-state index in [4.69, 9.17) is 28.6 Å². The first-order chi connectivity index (χ1) is 11.5. The normalized spacial score (nSPS) is 11.9. The van der Waals surface area contributed by atoms with Crippen LogP contribution in [0.4, 0.5) is 5.69 Å². The van der Waals surface area contributed by atoms with Crippen molar-refractivity contribution < 1.29 is 4.74 Å². The molecule has 0 aliphatic carbocycles. The summed E-state index contributed by atoms with van der Waals surface area (Å²) in [5.74, 6) is 0.870. The Morgan fingerprint density at radius 2 is 1.83 bits per heavy atom. The predicted octanol–water partition coefficient (Wildman–Crippen LogP) is 3.94. The molecular formula is C18H22ClN3OS. The van der Waals surface area contributed by atoms with Gasteiger partial charge in [0, 0.05) is 22.8 Å². The van der Waals surface area contributed by atoms with Gasteiger partial charge in [0.05, 0.1) is 13.2 Å². The number of benzene rings is 2. The average Bonchev–Trinajstić information content (AvgIpc) is 2.57. The van der Waals surface area contributed by atoms with Crippen molar-refractivity contribution in [1.29, 1.82) is 0 Å². The van der Waals surface area contributed by atoms with Gasteiger partial charge in [-0.05, 0) is 56.6 Å². The highest BCUT2D eigenvalue weighted by atomic mass is 35.5. The molecule has 0 fully saturated rings. The minimum Gasteiger partial charge on any atom is -0.496 e. The smallest absolute Gasteiger partial charge is 0.170 e. The van der Waals surface area contributed by atoms with Crippen LogP contribution in [-0.2, 0) is 0 Å². The Bertz CT molecular complexity index is 676. The minimum atomic E-state index is 0.131. The van der Waals surface area contributed by atoms with E-state index < -0.39 is 0 Å². The van der Waals surface area contributed by atoms with Crippen molar-refractivity contribution in [3.63, 3.8) is 0 Å². The number of hydrogen-bond acceptors (Lipinski definition) is 3. The molecular weight excluding hydrogens is 342 g/mol. The molecule has 0 aliphatic rings. The summed E-state index contributed by atoms with van der Waals surface area (Å²) in [6, 6.07) is 15.6. The number of methoxy groups -OCH3 is 1. The van der Waals surface area contributed by atoms with Crippen molar-refractivity contribution in [3.05, 3.63) is 59.1 Å². The van der Waals surface area contributed by atoms with E-state index in [1.54, 1.807) is 7.11 Å². The van der Waals surface area contributed by atoms with E-state index in [1.165, 1.54) is 0 Å². The Morgan fingerprint density at radius 1 is 1.17 bits per heavy atom. The lowest BCUT2D eigenvalue weighted by atomic mass is 10.0. The van der Waals surface area contributed by atoms with Crippen molar-refractivity contribution in [1.82, 2.24) is 10.2 Å². The number of nitrogens with one attached hydrogen (secondary N) is 2. The van der Waals surface area contributed by atoms with Crippen LogP contribution in [0.3, 0.4) is 0 Å². The maximum atomic E-state index is 5.89. The summed E-state index contributed by atoms with van der Waals surface area (Å²) in [6.45, 7) is 0.660. The summed E-state index contributed by atoms with van der Waals surface area (Å²) in [7, 11) is 5.76. The van der Waals surface area contributed by atoms with Gasteiger partial charge in [-0.3, -0.25) is 0 Å². The zero-order valence-electron chi connectivity index (χ0n) is 14.0. The van der Waals surface area contributed by atoms with Crippen molar-refractivity contribution in [2.24, 2.45) is 0 Å². The predicted molar refractivity (Wildman–Crippen MR) is 105 cm³/mol. The fraction of sp³-hybridized carbons (Fsp3) is 0.278. The van der Waals surface area contributed by atoms with Crippen LogP contribution in [0.1, 0.15) is 11.6 Å². The summed E-state index contributed by atoms with van der Waals surface area (Å²) in [4.78, 5) is 2.13. The summed E-state index contributed by atoms with van der Waals surface area (Å²) < 4.78 is 5.47. The molecule has 0 saturated heterocycles. The molecule has 0 amide bonds. The van der Waals surface area contributed by atoms with Crippen molar-refractivity contribution in [2.45, 2.75) is 6.04 Å². The molecule has 2 aromatic carbocycles. The van der Waals surface area contributed by atoms with Gasteiger partial charge in [0.2, 0.25) is 0 Å². The zero-order chi connectivity index (χ0) is 17.5. The molecule has 6 heteroatoms. The molecule has 0 spiro atoms. The van der Waals surface area contributed by atoms with E-state index in [0.29, 0.717) is 16.7 Å². The molecule has 2 aromatic rings. The molecule has 0 unspecified atom stereocenters. The molecule has 0 radical (unpaired) electrons. The highest BCUT2D eigenvalue weighted by Gasteiger charge is 2.18. The number of halogens is 1. The lowest BCUT2D eigenvalue weighted by molar-refractivity contribution is 0.288. The molecule has 1 atom stereocenters. The van der Waals surface area contributed by atoms with Crippen LogP contribution < -0.4 is 15.4 Å². The summed E-state index contributed by atoms with van der Waals surface area (Å²) >= 11 is 11.3. The van der Waals surface area contributed by atoms with Crippen LogP contribution in [0, 0.1) is 0 Å². The topological polar surface area (TPSA) is 36.5 Å². The number of anilines is 1. The number of thiocarbonyl (C=S) groups is 1. The standard InChI is InChI=1S/C18H22ClN3OS/c1-22(2)16(15-6-4-5-7-17(15)23-3)12-20-18(24)21-14-10-8-13(19)9-11-14/h4-11,16H,12H2,1-3H3,(H2,20,21,24)/t16-/m1/s1. The largest absolute Gasteiger partial charge is 0.496 e. The van der Waals surface area contributed by atoms with Crippen LogP contribution in [-0.4, -0.2) is 37.8 Å². The van der Waals surface area contributed by atoms with Gasteiger partial charge in [0.1, 0.15) is 5.75 Å². The highest BCUT2D eigenvalue weighted by molar-refractivity contribution is 7.80. The number of likely N-dealkylation sites (N-methyl/N-ethyl adjacent to an activating group) is 1. The maximum absolute atomic E-state index is 5.89. The molecule has 0 aliphatic heterocycles. The maximum Gasteiger partial charge on any atom is 0.170 e. The van der Waals surface area contributed by atoms with E-state index in [0.717, 1.165) is 17.0 Å². The number of rotatable bonds is 6. The molecule has 24 heavy (non-hydrogen) atoms. The number of ether oxygens (including phenoxy) is 1. The quantitative estimate of drug-likeness (QED) is 0.760. The third-order valence-electron chi connectivity index (χ3n) is 3.68. The van der Waals surface area contributed by atoms with Crippen LogP contribution in [0.25, 0.3) is 0 Å². The molecule has 0 heterocycles. The molecule has 4 nitrogen and oxygen atoms in total. The number of nitrogens with zero attached hydrogens (tertiary/aromatic N) is 1. The van der Waals surface area contributed by atoms with Crippen LogP contribution in [0.2, 0.25) is 5.02 Å². The summed E-state index contributed by atoms with van der Waals surface area (Å²) in [6.07, 6.45) is 0. The second-order valence-electron chi connectivity index (χ2n) is 5.56. The third kappa shape index (κ3) is 5.09. The molecule has 2 N–H and O–H groups in total. The monoisotopic (exact) mass is 363 g/mol. The first-order valence-electron chi connectivity index (χ1n) is 7.61. The van der Waals surface area contributed by atoms with Crippen molar-refractivity contribution in [3.8, 4) is 5.75 Å². The second kappa shape index (κ2) is 8.87. The van der Waals surface area contributed by atoms with Gasteiger partial charge in [-0.1, -0.05) is 29.8 Å². The van der Waals surface area contributed by atoms with Gasteiger partial charge >= 0.3 is 0 Å². The fourth-order valence-electron chi connectivity index (χ4n) is 2.41. The first-order valence-corrected chi connectivity index (χ1v) is 8.39. The van der Waals surface area contributed by atoms with E-state index >= 15 is 0 Å². The molecule has 2 rings (SSSR count). The summed E-state index contributed by atoms with van der Waals surface area (Å²) in [5.41, 5.74) is 2.02. The number of para-hydroxylation sites is 1. The van der Waals surface area contributed by atoms with Crippen LogP contribution in [0.15, 0.2) is 48.5 Å². The molecule has 128 valence electrons. The van der Waals surface area contributed by atoms with Crippen LogP contribution >= 0.6 is 23.8 Å². The Balaban J connectivity index is 2.01. The third-order valence-corrected chi connectivity index (χ3v) is 4.18. The van der Waals surface area contributed by atoms with Gasteiger partial charge in [-0.15, -0.1) is 0 Å². The Labute approximate surface area is 153 Å². The zero-order valence-corrected chi connectivity index (χ0v) is 15.6. The Kier molecular flexibility index (Phi) is 6.85. The minimum absolute atomic E-state index is 0.131. The van der Waals surface area contributed by atoms with E-state index in [-0.39, 0.29) is 6.04 Å². The highest BCUT2D eigenvalue weighted by Crippen LogP contribution is 2.27. The van der Waals surface area contributed by atoms with Gasteiger partial charge in [-0.25, -0.2) is 0 Å². The van der Waals surface area contributed by atoms with Gasteiger partial charge < -0.3 is 20.3 Å². The lowest BCUT2D eigenvalue weighted by Gasteiger charge is -2.27. The Morgan fingerprint density at radius 3 is 2.46 bits per heavy atom. The fourth-order valence-corrected chi connectivity index (χ4v) is 2.74. The molecule has 0 aromatic heterocycles. The Hall–Kier alpha value is -1.82. The van der Waals surface area contributed by atoms with E-state index in [9.17, 15) is 0 Å². The lowest BCUT2D eigenvalue weighted by Crippen LogP contribution is -2.36. The van der Waals surface area contributed by atoms with Crippen molar-refractivity contribution >= 4 is 34.6 Å². The second-order valence-corrected chi connectivity index (χ2v) is 6.41. The first kappa shape index (κ1) is 18.5. The number of hydrogen-bond donors (Lipinski definition) is 2. The molecule has 0 saturated carbocycles. The van der Waals surface area contributed by atoms with E-state index in [2.05, 4.69) is 21.6 Å². The average molecular weight is 364 g/mol. The van der Waals surface area contributed by atoms with Gasteiger partial charge in [-0.2, -0.15) is 0 Å². The van der Waals surface area contributed by atoms with Gasteiger partial charge in [0.15, 0.2) is 5.11 Å². The van der Waals surface area contributed by atoms with Crippen molar-refractivity contribution in [2.75, 3.05) is 33.1 Å². The van der Waals surface area contributed by atoms with Crippen LogP contribution in [0.5, 0.6) is 5.75 Å². The van der Waals surface area contributed by atoms with E-state index in [1.807, 2.05) is 56.6 Å².